The Morgan fingerprint density at radius 3 is 2.50 bits per heavy atom. The van der Waals surface area contributed by atoms with E-state index in [1.54, 1.807) is 23.0 Å². The van der Waals surface area contributed by atoms with Crippen molar-refractivity contribution in [1.29, 1.82) is 0 Å². The fourth-order valence-corrected chi connectivity index (χ4v) is 3.52. The first-order valence-electron chi connectivity index (χ1n) is 7.87. The molecule has 1 N–H and O–H groups in total. The molecule has 1 heterocycles. The summed E-state index contributed by atoms with van der Waals surface area (Å²) in [5.41, 5.74) is 0.531. The number of amides is 1. The van der Waals surface area contributed by atoms with E-state index in [0.29, 0.717) is 12.2 Å². The fraction of sp³-hybridized carbons (Fsp3) is 0.375. The summed E-state index contributed by atoms with van der Waals surface area (Å²) in [5, 5.41) is 6.83. The van der Waals surface area contributed by atoms with Gasteiger partial charge < -0.3 is 10.2 Å². The molecular weight excluding hydrogens is 422 g/mol. The standard InChI is InChI=1S/C16H22BrN5O3S/c1-20(2)8-9-22-11-14(10-18-22)19-16(23)12-21(3)26(24,25)15-6-4-13(17)5-7-15/h4-7,10-11H,8-9,12H2,1-3H3,(H,19,23). The van der Waals surface area contributed by atoms with Crippen LogP contribution in [0.1, 0.15) is 0 Å². The van der Waals surface area contributed by atoms with Gasteiger partial charge in [-0.3, -0.25) is 9.48 Å². The maximum atomic E-state index is 12.5. The molecule has 0 atom stereocenters. The summed E-state index contributed by atoms with van der Waals surface area (Å²) >= 11 is 3.26. The van der Waals surface area contributed by atoms with Crippen LogP contribution in [-0.4, -0.2) is 67.5 Å². The molecule has 26 heavy (non-hydrogen) atoms. The van der Waals surface area contributed by atoms with Crippen molar-refractivity contribution < 1.29 is 13.2 Å². The van der Waals surface area contributed by atoms with E-state index >= 15 is 0 Å². The van der Waals surface area contributed by atoms with Gasteiger partial charge in [0.15, 0.2) is 0 Å². The number of sulfonamides is 1. The maximum absolute atomic E-state index is 12.5. The van der Waals surface area contributed by atoms with Crippen molar-refractivity contribution >= 4 is 37.5 Å². The molecule has 0 unspecified atom stereocenters. The number of hydrogen-bond donors (Lipinski definition) is 1. The zero-order valence-corrected chi connectivity index (χ0v) is 17.3. The number of carbonyl (C=O) groups is 1. The number of benzene rings is 1. The molecule has 0 radical (unpaired) electrons. The third-order valence-electron chi connectivity index (χ3n) is 3.58. The van der Waals surface area contributed by atoms with E-state index in [0.717, 1.165) is 15.3 Å². The highest BCUT2D eigenvalue weighted by Gasteiger charge is 2.23. The summed E-state index contributed by atoms with van der Waals surface area (Å²) in [6.07, 6.45) is 3.25. The summed E-state index contributed by atoms with van der Waals surface area (Å²) < 4.78 is 28.5. The van der Waals surface area contributed by atoms with Crippen LogP contribution in [0.15, 0.2) is 46.0 Å². The van der Waals surface area contributed by atoms with E-state index in [2.05, 4.69) is 26.3 Å². The normalized spacial score (nSPS) is 11.9. The molecule has 0 fully saturated rings. The van der Waals surface area contributed by atoms with Crippen LogP contribution in [0.3, 0.4) is 0 Å². The van der Waals surface area contributed by atoms with Gasteiger partial charge in [0, 0.05) is 24.3 Å². The molecule has 1 aromatic heterocycles. The summed E-state index contributed by atoms with van der Waals surface area (Å²) in [6, 6.07) is 6.26. The summed E-state index contributed by atoms with van der Waals surface area (Å²) in [5.74, 6) is -0.430. The second-order valence-electron chi connectivity index (χ2n) is 6.06. The largest absolute Gasteiger partial charge is 0.322 e. The molecule has 0 spiro atoms. The molecule has 0 saturated carbocycles. The van der Waals surface area contributed by atoms with Gasteiger partial charge in [-0.2, -0.15) is 9.40 Å². The quantitative estimate of drug-likeness (QED) is 0.667. The molecule has 0 saturated heterocycles. The first-order chi connectivity index (χ1) is 12.2. The minimum Gasteiger partial charge on any atom is -0.322 e. The molecule has 1 aromatic carbocycles. The molecule has 2 aromatic rings. The predicted octanol–water partition coefficient (Wildman–Crippen LogP) is 1.47. The fourth-order valence-electron chi connectivity index (χ4n) is 2.13. The molecule has 0 aliphatic rings. The van der Waals surface area contributed by atoms with Crippen LogP contribution in [0.2, 0.25) is 0 Å². The molecule has 0 bridgehead atoms. The molecule has 0 aliphatic carbocycles. The Hall–Kier alpha value is -1.75. The van der Waals surface area contributed by atoms with E-state index in [1.807, 2.05) is 19.0 Å². The first kappa shape index (κ1) is 20.6. The molecule has 142 valence electrons. The van der Waals surface area contributed by atoms with E-state index in [1.165, 1.54) is 25.4 Å². The lowest BCUT2D eigenvalue weighted by atomic mass is 10.4. The Morgan fingerprint density at radius 1 is 1.23 bits per heavy atom. The Bertz CT molecular complexity index is 849. The van der Waals surface area contributed by atoms with E-state index in [-0.39, 0.29) is 11.4 Å². The van der Waals surface area contributed by atoms with Gasteiger partial charge in [0.25, 0.3) is 0 Å². The van der Waals surface area contributed by atoms with Crippen molar-refractivity contribution in [2.75, 3.05) is 39.5 Å². The van der Waals surface area contributed by atoms with Gasteiger partial charge in [0.1, 0.15) is 0 Å². The molecule has 0 aliphatic heterocycles. The van der Waals surface area contributed by atoms with Gasteiger partial charge in [-0.05, 0) is 38.4 Å². The van der Waals surface area contributed by atoms with Crippen molar-refractivity contribution in [3.8, 4) is 0 Å². The number of carbonyl (C=O) groups excluding carboxylic acids is 1. The molecule has 2 rings (SSSR count). The molecule has 8 nitrogen and oxygen atoms in total. The minimum atomic E-state index is -3.73. The van der Waals surface area contributed by atoms with E-state index in [9.17, 15) is 13.2 Å². The van der Waals surface area contributed by atoms with Crippen molar-refractivity contribution in [2.45, 2.75) is 11.4 Å². The maximum Gasteiger partial charge on any atom is 0.243 e. The van der Waals surface area contributed by atoms with Crippen LogP contribution >= 0.6 is 15.9 Å². The average Bonchev–Trinajstić information content (AvgIpc) is 3.00. The van der Waals surface area contributed by atoms with Crippen molar-refractivity contribution in [2.24, 2.45) is 0 Å². The molecular formula is C16H22BrN5O3S. The van der Waals surface area contributed by atoms with E-state index in [4.69, 9.17) is 0 Å². The highest BCUT2D eigenvalue weighted by Crippen LogP contribution is 2.17. The Morgan fingerprint density at radius 2 is 1.88 bits per heavy atom. The van der Waals surface area contributed by atoms with E-state index < -0.39 is 15.9 Å². The average molecular weight is 444 g/mol. The topological polar surface area (TPSA) is 87.5 Å². The summed E-state index contributed by atoms with van der Waals surface area (Å²) in [6.45, 7) is 1.23. The molecule has 10 heteroatoms. The predicted molar refractivity (Wildman–Crippen MR) is 103 cm³/mol. The lowest BCUT2D eigenvalue weighted by Gasteiger charge is -2.16. The second-order valence-corrected chi connectivity index (χ2v) is 9.02. The first-order valence-corrected chi connectivity index (χ1v) is 10.1. The van der Waals surface area contributed by atoms with Gasteiger partial charge in [0.2, 0.25) is 15.9 Å². The molecule has 1 amide bonds. The van der Waals surface area contributed by atoms with Crippen LogP contribution < -0.4 is 5.32 Å². The van der Waals surface area contributed by atoms with Gasteiger partial charge >= 0.3 is 0 Å². The van der Waals surface area contributed by atoms with Gasteiger partial charge in [-0.1, -0.05) is 15.9 Å². The number of halogens is 1. The van der Waals surface area contributed by atoms with Crippen molar-refractivity contribution in [1.82, 2.24) is 19.0 Å². The van der Waals surface area contributed by atoms with Crippen LogP contribution in [0.25, 0.3) is 0 Å². The Kier molecular flexibility index (Phi) is 6.93. The summed E-state index contributed by atoms with van der Waals surface area (Å²) in [4.78, 5) is 14.3. The SMILES string of the molecule is CN(C)CCn1cc(NC(=O)CN(C)S(=O)(=O)c2ccc(Br)cc2)cn1. The monoisotopic (exact) mass is 443 g/mol. The van der Waals surface area contributed by atoms with Crippen LogP contribution in [0, 0.1) is 0 Å². The van der Waals surface area contributed by atoms with Crippen molar-refractivity contribution in [3.63, 3.8) is 0 Å². The zero-order chi connectivity index (χ0) is 19.3. The van der Waals surface area contributed by atoms with Gasteiger partial charge in [-0.25, -0.2) is 8.42 Å². The zero-order valence-electron chi connectivity index (χ0n) is 14.9. The van der Waals surface area contributed by atoms with Crippen LogP contribution in [-0.2, 0) is 21.4 Å². The highest BCUT2D eigenvalue weighted by molar-refractivity contribution is 9.10. The van der Waals surface area contributed by atoms with Gasteiger partial charge in [-0.15, -0.1) is 0 Å². The lowest BCUT2D eigenvalue weighted by molar-refractivity contribution is -0.116. The number of aromatic nitrogens is 2. The minimum absolute atomic E-state index is 0.132. The third kappa shape index (κ3) is 5.63. The second kappa shape index (κ2) is 8.76. The number of nitrogens with zero attached hydrogens (tertiary/aromatic N) is 4. The third-order valence-corrected chi connectivity index (χ3v) is 5.93. The van der Waals surface area contributed by atoms with Gasteiger partial charge in [0.05, 0.1) is 29.9 Å². The number of likely N-dealkylation sites (N-methyl/N-ethyl adjacent to an activating group) is 2. The Balaban J connectivity index is 1.95. The summed E-state index contributed by atoms with van der Waals surface area (Å²) in [7, 11) is 1.57. The Labute approximate surface area is 162 Å². The number of anilines is 1. The highest BCUT2D eigenvalue weighted by atomic mass is 79.9. The van der Waals surface area contributed by atoms with Crippen LogP contribution in [0.4, 0.5) is 5.69 Å². The lowest BCUT2D eigenvalue weighted by Crippen LogP contribution is -2.34. The number of hydrogen-bond acceptors (Lipinski definition) is 5. The number of nitrogens with one attached hydrogen (secondary N) is 1. The smallest absolute Gasteiger partial charge is 0.243 e. The number of rotatable bonds is 8. The van der Waals surface area contributed by atoms with Crippen molar-refractivity contribution in [3.05, 3.63) is 41.1 Å². The van der Waals surface area contributed by atoms with Crippen LogP contribution in [0.5, 0.6) is 0 Å².